The summed E-state index contributed by atoms with van der Waals surface area (Å²) in [7, 11) is 0. The summed E-state index contributed by atoms with van der Waals surface area (Å²) in [5.41, 5.74) is 0.858. The number of aliphatic hydroxyl groups is 1. The van der Waals surface area contributed by atoms with Gasteiger partial charge < -0.3 is 15.2 Å². The zero-order valence-electron chi connectivity index (χ0n) is 18.8. The Balaban J connectivity index is 1.31. The Kier molecular flexibility index (Phi) is 5.91. The van der Waals surface area contributed by atoms with Crippen molar-refractivity contribution < 1.29 is 14.6 Å². The Morgan fingerprint density at radius 1 is 1.25 bits per heavy atom. The number of benzene rings is 1. The molecule has 7 heteroatoms. The number of carbonyl (C=O) groups excluding carboxylic acids is 1. The maximum Gasteiger partial charge on any atom is 0.228 e. The van der Waals surface area contributed by atoms with Gasteiger partial charge in [0.15, 0.2) is 0 Å². The number of piperidine rings is 1. The predicted octanol–water partition coefficient (Wildman–Crippen LogP) is 4.20. The molecule has 0 spiro atoms. The molecule has 3 aliphatic rings. The van der Waals surface area contributed by atoms with Crippen molar-refractivity contribution in [3.63, 3.8) is 0 Å². The molecule has 3 atom stereocenters. The second kappa shape index (κ2) is 8.56. The minimum atomic E-state index is -0.438. The standard InChI is InChI=1S/C25H32ClN3O3/c1-15(16-3-4-16)24(31)28-23-11-18-9-20(21(26)10-19(18)12-27-23)17-5-7-29(8-6-17)25(2)14-32-13-22(25)30/h9-12,15-17,22,30H,3-8,13-14H2,1-2H3,(H,27,28,31)/t15-,22+,25-/m1/s1. The van der Waals surface area contributed by atoms with Crippen LogP contribution in [-0.4, -0.2) is 58.8 Å². The molecule has 1 aromatic carbocycles. The van der Waals surface area contributed by atoms with Crippen LogP contribution in [0, 0.1) is 11.8 Å². The molecule has 3 fully saturated rings. The molecule has 0 unspecified atom stereocenters. The highest BCUT2D eigenvalue weighted by atomic mass is 35.5. The number of fused-ring (bicyclic) bond motifs is 1. The summed E-state index contributed by atoms with van der Waals surface area (Å²) in [6, 6.07) is 6.10. The van der Waals surface area contributed by atoms with Gasteiger partial charge in [-0.15, -0.1) is 0 Å². The van der Waals surface area contributed by atoms with Crippen LogP contribution in [0.15, 0.2) is 24.4 Å². The van der Waals surface area contributed by atoms with E-state index in [0.29, 0.717) is 30.9 Å². The van der Waals surface area contributed by atoms with Gasteiger partial charge in [0.25, 0.3) is 0 Å². The number of aliphatic hydroxyl groups excluding tert-OH is 1. The van der Waals surface area contributed by atoms with Crippen molar-refractivity contribution in [2.24, 2.45) is 11.8 Å². The van der Waals surface area contributed by atoms with Crippen LogP contribution < -0.4 is 5.32 Å². The molecule has 1 amide bonds. The van der Waals surface area contributed by atoms with E-state index in [1.807, 2.05) is 19.1 Å². The van der Waals surface area contributed by atoms with Crippen LogP contribution in [-0.2, 0) is 9.53 Å². The number of halogens is 1. The molecule has 2 aliphatic heterocycles. The van der Waals surface area contributed by atoms with Gasteiger partial charge in [0, 0.05) is 22.5 Å². The number of ether oxygens (including phenoxy) is 1. The van der Waals surface area contributed by atoms with E-state index in [-0.39, 0.29) is 17.4 Å². The summed E-state index contributed by atoms with van der Waals surface area (Å²) >= 11 is 6.69. The van der Waals surface area contributed by atoms with E-state index in [1.165, 1.54) is 0 Å². The molecule has 2 N–H and O–H groups in total. The Bertz CT molecular complexity index is 1020. The first-order chi connectivity index (χ1) is 15.3. The second-order valence-corrected chi connectivity index (χ2v) is 10.5. The van der Waals surface area contributed by atoms with Gasteiger partial charge in [-0.2, -0.15) is 0 Å². The lowest BCUT2D eigenvalue weighted by Gasteiger charge is -2.43. The third-order valence-corrected chi connectivity index (χ3v) is 8.20. The van der Waals surface area contributed by atoms with Crippen molar-refractivity contribution in [1.82, 2.24) is 9.88 Å². The van der Waals surface area contributed by atoms with Crippen LogP contribution >= 0.6 is 11.6 Å². The fourth-order valence-electron chi connectivity index (χ4n) is 5.27. The molecule has 2 aromatic rings. The van der Waals surface area contributed by atoms with Crippen molar-refractivity contribution in [3.8, 4) is 0 Å². The minimum absolute atomic E-state index is 0.0316. The molecule has 32 heavy (non-hydrogen) atoms. The molecule has 6 nitrogen and oxygen atoms in total. The van der Waals surface area contributed by atoms with Crippen molar-refractivity contribution in [2.75, 3.05) is 31.6 Å². The number of nitrogens with one attached hydrogen (secondary N) is 1. The van der Waals surface area contributed by atoms with Crippen LogP contribution in [0.5, 0.6) is 0 Å². The highest BCUT2D eigenvalue weighted by molar-refractivity contribution is 6.32. The van der Waals surface area contributed by atoms with E-state index in [4.69, 9.17) is 16.3 Å². The predicted molar refractivity (Wildman–Crippen MR) is 126 cm³/mol. The van der Waals surface area contributed by atoms with Crippen LogP contribution in [0.4, 0.5) is 5.82 Å². The van der Waals surface area contributed by atoms with Gasteiger partial charge in [-0.25, -0.2) is 4.98 Å². The zero-order chi connectivity index (χ0) is 22.5. The summed E-state index contributed by atoms with van der Waals surface area (Å²) in [5, 5.41) is 16.2. The smallest absolute Gasteiger partial charge is 0.228 e. The van der Waals surface area contributed by atoms with E-state index in [0.717, 1.165) is 60.1 Å². The molecule has 1 aromatic heterocycles. The van der Waals surface area contributed by atoms with Crippen molar-refractivity contribution >= 4 is 34.1 Å². The lowest BCUT2D eigenvalue weighted by Crippen LogP contribution is -2.56. The number of pyridine rings is 1. The third kappa shape index (κ3) is 4.14. The molecule has 1 aliphatic carbocycles. The van der Waals surface area contributed by atoms with Gasteiger partial charge in [0.1, 0.15) is 5.82 Å². The van der Waals surface area contributed by atoms with E-state index in [1.54, 1.807) is 6.20 Å². The summed E-state index contributed by atoms with van der Waals surface area (Å²) in [6.07, 6.45) is 5.61. The molecule has 0 radical (unpaired) electrons. The lowest BCUT2D eigenvalue weighted by molar-refractivity contribution is -0.119. The van der Waals surface area contributed by atoms with Gasteiger partial charge in [-0.05, 0) is 86.7 Å². The Labute approximate surface area is 194 Å². The second-order valence-electron chi connectivity index (χ2n) is 10.1. The molecule has 2 saturated heterocycles. The van der Waals surface area contributed by atoms with Gasteiger partial charge in [0.2, 0.25) is 5.91 Å². The summed E-state index contributed by atoms with van der Waals surface area (Å²) in [5.74, 6) is 1.57. The summed E-state index contributed by atoms with van der Waals surface area (Å²) in [4.78, 5) is 19.3. The molecular weight excluding hydrogens is 426 g/mol. The van der Waals surface area contributed by atoms with Crippen LogP contribution in [0.1, 0.15) is 51.0 Å². The van der Waals surface area contributed by atoms with Crippen molar-refractivity contribution in [1.29, 1.82) is 0 Å². The average Bonchev–Trinajstić information content (AvgIpc) is 3.58. The third-order valence-electron chi connectivity index (χ3n) is 7.88. The molecule has 172 valence electrons. The molecule has 1 saturated carbocycles. The van der Waals surface area contributed by atoms with Crippen LogP contribution in [0.3, 0.4) is 0 Å². The summed E-state index contributed by atoms with van der Waals surface area (Å²) < 4.78 is 5.53. The quantitative estimate of drug-likeness (QED) is 0.703. The summed E-state index contributed by atoms with van der Waals surface area (Å²) in [6.45, 7) is 6.91. The maximum atomic E-state index is 12.5. The Hall–Kier alpha value is -1.73. The topological polar surface area (TPSA) is 74.7 Å². The number of amides is 1. The number of hydrogen-bond donors (Lipinski definition) is 2. The lowest BCUT2D eigenvalue weighted by atomic mass is 9.85. The first-order valence-electron chi connectivity index (χ1n) is 11.8. The average molecular weight is 458 g/mol. The van der Waals surface area contributed by atoms with Crippen molar-refractivity contribution in [3.05, 3.63) is 35.0 Å². The number of carbonyl (C=O) groups is 1. The fourth-order valence-corrected chi connectivity index (χ4v) is 5.60. The number of rotatable bonds is 5. The molecule has 0 bridgehead atoms. The van der Waals surface area contributed by atoms with Gasteiger partial charge in [0.05, 0.1) is 24.9 Å². The number of aromatic nitrogens is 1. The highest BCUT2D eigenvalue weighted by Gasteiger charge is 2.45. The van der Waals surface area contributed by atoms with Gasteiger partial charge in [-0.1, -0.05) is 18.5 Å². The molecule has 3 heterocycles. The first kappa shape index (κ1) is 22.1. The van der Waals surface area contributed by atoms with E-state index >= 15 is 0 Å². The first-order valence-corrected chi connectivity index (χ1v) is 12.1. The van der Waals surface area contributed by atoms with E-state index < -0.39 is 6.10 Å². The minimum Gasteiger partial charge on any atom is -0.389 e. The molecule has 5 rings (SSSR count). The Morgan fingerprint density at radius 2 is 2.00 bits per heavy atom. The van der Waals surface area contributed by atoms with Gasteiger partial charge in [-0.3, -0.25) is 9.69 Å². The number of anilines is 1. The Morgan fingerprint density at radius 3 is 2.66 bits per heavy atom. The monoisotopic (exact) mass is 457 g/mol. The maximum absolute atomic E-state index is 12.5. The molecular formula is C25H32ClN3O3. The fraction of sp³-hybridized carbons (Fsp3) is 0.600. The normalized spacial score (nSPS) is 28.2. The highest BCUT2D eigenvalue weighted by Crippen LogP contribution is 2.39. The number of likely N-dealkylation sites (tertiary alicyclic amines) is 1. The van der Waals surface area contributed by atoms with Crippen LogP contribution in [0.2, 0.25) is 5.02 Å². The van der Waals surface area contributed by atoms with Crippen LogP contribution in [0.25, 0.3) is 10.8 Å². The number of hydrogen-bond acceptors (Lipinski definition) is 5. The number of nitrogens with zero attached hydrogens (tertiary/aromatic N) is 2. The van der Waals surface area contributed by atoms with Gasteiger partial charge >= 0.3 is 0 Å². The SMILES string of the molecule is C[C@@H](C(=O)Nc1cc2cc(C3CCN([C@]4(C)COC[C@@H]4O)CC3)c(Cl)cc2cn1)C1CC1. The van der Waals surface area contributed by atoms with E-state index in [9.17, 15) is 9.90 Å². The zero-order valence-corrected chi connectivity index (χ0v) is 19.6. The largest absolute Gasteiger partial charge is 0.389 e. The van der Waals surface area contributed by atoms with Crippen molar-refractivity contribution in [2.45, 2.75) is 57.1 Å². The van der Waals surface area contributed by atoms with E-state index in [2.05, 4.69) is 28.2 Å².